The lowest BCUT2D eigenvalue weighted by Crippen LogP contribution is -2.31. The smallest absolute Gasteiger partial charge is 0.260 e. The first-order valence-electron chi connectivity index (χ1n) is 9.44. The number of nitrogens with zero attached hydrogens (tertiary/aromatic N) is 2. The molecule has 158 valence electrons. The molecule has 1 aromatic heterocycles. The maximum Gasteiger partial charge on any atom is 0.260 e. The molecule has 1 heterocycles. The van der Waals surface area contributed by atoms with Gasteiger partial charge in [0, 0.05) is 30.6 Å². The predicted molar refractivity (Wildman–Crippen MR) is 116 cm³/mol. The number of thiazole rings is 1. The van der Waals surface area contributed by atoms with Crippen LogP contribution in [0.1, 0.15) is 34.6 Å². The lowest BCUT2D eigenvalue weighted by atomic mass is 10.1. The average molecular weight is 448 g/mol. The summed E-state index contributed by atoms with van der Waals surface area (Å²) in [7, 11) is -3.80. The minimum atomic E-state index is -3.80. The summed E-state index contributed by atoms with van der Waals surface area (Å²) in [6.45, 7) is 3.99. The Morgan fingerprint density at radius 1 is 1.13 bits per heavy atom. The molecule has 0 atom stereocenters. The van der Waals surface area contributed by atoms with E-state index in [1.54, 1.807) is 20.0 Å². The van der Waals surface area contributed by atoms with Gasteiger partial charge in [-0.3, -0.25) is 10.1 Å². The summed E-state index contributed by atoms with van der Waals surface area (Å²) in [5, 5.41) is 2.88. The Morgan fingerprint density at radius 2 is 1.83 bits per heavy atom. The highest BCUT2D eigenvalue weighted by molar-refractivity contribution is 7.89. The molecule has 0 radical (unpaired) electrons. The lowest BCUT2D eigenvalue weighted by molar-refractivity contribution is 0.102. The summed E-state index contributed by atoms with van der Waals surface area (Å²) in [5.41, 5.74) is 0.766. The molecular formula is C21H22FN3O3S2. The van der Waals surface area contributed by atoms with E-state index in [1.165, 1.54) is 21.7 Å². The van der Waals surface area contributed by atoms with Crippen molar-refractivity contribution >= 4 is 32.4 Å². The fraction of sp³-hybridized carbons (Fsp3) is 0.238. The van der Waals surface area contributed by atoms with Crippen molar-refractivity contribution < 1.29 is 17.6 Å². The van der Waals surface area contributed by atoms with Crippen LogP contribution in [0.2, 0.25) is 0 Å². The summed E-state index contributed by atoms with van der Waals surface area (Å²) >= 11 is 1.29. The van der Waals surface area contributed by atoms with Crippen LogP contribution in [0.25, 0.3) is 0 Å². The van der Waals surface area contributed by atoms with Crippen LogP contribution in [-0.4, -0.2) is 36.7 Å². The maximum absolute atomic E-state index is 14.3. The van der Waals surface area contributed by atoms with Crippen LogP contribution in [-0.2, 0) is 16.4 Å². The van der Waals surface area contributed by atoms with Crippen molar-refractivity contribution in [1.82, 2.24) is 9.29 Å². The Bertz CT molecular complexity index is 1130. The number of carbonyl (C=O) groups is 1. The van der Waals surface area contributed by atoms with E-state index >= 15 is 0 Å². The first-order valence-corrected chi connectivity index (χ1v) is 11.7. The molecule has 0 unspecified atom stereocenters. The monoisotopic (exact) mass is 447 g/mol. The van der Waals surface area contributed by atoms with Crippen LogP contribution in [0.5, 0.6) is 0 Å². The van der Waals surface area contributed by atoms with Crippen molar-refractivity contribution in [3.8, 4) is 0 Å². The Kier molecular flexibility index (Phi) is 6.96. The maximum atomic E-state index is 14.3. The van der Waals surface area contributed by atoms with E-state index in [-0.39, 0.29) is 23.5 Å². The molecule has 3 aromatic rings. The van der Waals surface area contributed by atoms with Crippen molar-refractivity contribution in [2.75, 3.05) is 18.4 Å². The number of aromatic nitrogens is 1. The fourth-order valence-corrected chi connectivity index (χ4v) is 5.29. The second kappa shape index (κ2) is 9.46. The number of nitrogens with one attached hydrogen (secondary N) is 1. The zero-order valence-electron chi connectivity index (χ0n) is 16.6. The van der Waals surface area contributed by atoms with E-state index in [1.807, 2.05) is 30.3 Å². The number of amides is 1. The van der Waals surface area contributed by atoms with Crippen LogP contribution < -0.4 is 5.32 Å². The number of carbonyl (C=O) groups excluding carboxylic acids is 1. The molecule has 3 rings (SSSR count). The van der Waals surface area contributed by atoms with Crippen LogP contribution in [0.15, 0.2) is 59.6 Å². The number of halogens is 1. The molecule has 1 N–H and O–H groups in total. The summed E-state index contributed by atoms with van der Waals surface area (Å²) in [4.78, 5) is 17.6. The molecule has 0 aliphatic rings. The molecule has 6 nitrogen and oxygen atoms in total. The normalized spacial score (nSPS) is 11.6. The Hall–Kier alpha value is -2.62. The largest absolute Gasteiger partial charge is 0.298 e. The number of sulfonamides is 1. The van der Waals surface area contributed by atoms with Crippen LogP contribution in [0.4, 0.5) is 9.52 Å². The van der Waals surface area contributed by atoms with E-state index in [4.69, 9.17) is 0 Å². The lowest BCUT2D eigenvalue weighted by Gasteiger charge is -2.18. The summed E-state index contributed by atoms with van der Waals surface area (Å²) in [6, 6.07) is 13.0. The predicted octanol–water partition coefficient (Wildman–Crippen LogP) is 4.16. The van der Waals surface area contributed by atoms with Crippen molar-refractivity contribution in [3.05, 3.63) is 76.5 Å². The molecule has 2 aromatic carbocycles. The highest BCUT2D eigenvalue weighted by Crippen LogP contribution is 2.24. The molecule has 0 aliphatic carbocycles. The molecule has 0 spiro atoms. The van der Waals surface area contributed by atoms with Gasteiger partial charge >= 0.3 is 0 Å². The van der Waals surface area contributed by atoms with Crippen molar-refractivity contribution in [2.45, 2.75) is 25.2 Å². The molecule has 1 amide bonds. The fourth-order valence-electron chi connectivity index (χ4n) is 2.96. The Balaban J connectivity index is 1.79. The van der Waals surface area contributed by atoms with Gasteiger partial charge in [0.25, 0.3) is 5.91 Å². The molecule has 0 aliphatic heterocycles. The van der Waals surface area contributed by atoms with E-state index < -0.39 is 21.7 Å². The van der Waals surface area contributed by atoms with Crippen LogP contribution in [0, 0.1) is 5.82 Å². The zero-order valence-corrected chi connectivity index (χ0v) is 18.3. The molecule has 0 saturated carbocycles. The highest BCUT2D eigenvalue weighted by Gasteiger charge is 2.24. The molecule has 30 heavy (non-hydrogen) atoms. The van der Waals surface area contributed by atoms with Gasteiger partial charge in [-0.2, -0.15) is 4.31 Å². The van der Waals surface area contributed by atoms with Gasteiger partial charge < -0.3 is 0 Å². The third kappa shape index (κ3) is 4.92. The van der Waals surface area contributed by atoms with Gasteiger partial charge in [-0.25, -0.2) is 17.8 Å². The first kappa shape index (κ1) is 22.1. The number of hydrogen-bond acceptors (Lipinski definition) is 5. The Labute approximate surface area is 179 Å². The van der Waals surface area contributed by atoms with E-state index in [9.17, 15) is 17.6 Å². The van der Waals surface area contributed by atoms with Gasteiger partial charge in [-0.15, -0.1) is 11.3 Å². The van der Waals surface area contributed by atoms with Crippen molar-refractivity contribution in [1.29, 1.82) is 0 Å². The zero-order chi connectivity index (χ0) is 21.7. The first-order chi connectivity index (χ1) is 14.3. The second-order valence-corrected chi connectivity index (χ2v) is 9.53. The van der Waals surface area contributed by atoms with E-state index in [0.29, 0.717) is 11.6 Å². The standard InChI is InChI=1S/C21H22FN3O3S2/c1-3-25(4-2)30(27,28)17-10-11-19(22)18(13-17)20(26)24-21-23-14-16(29-21)12-15-8-6-5-7-9-15/h5-11,13-14H,3-4,12H2,1-2H3,(H,23,24,26). The number of benzene rings is 2. The quantitative estimate of drug-likeness (QED) is 0.562. The van der Waals surface area contributed by atoms with Gasteiger partial charge in [0.1, 0.15) is 5.82 Å². The number of rotatable bonds is 8. The summed E-state index contributed by atoms with van der Waals surface area (Å²) < 4.78 is 40.9. The minimum absolute atomic E-state index is 0.123. The molecule has 0 fully saturated rings. The summed E-state index contributed by atoms with van der Waals surface area (Å²) in [5.74, 6) is -1.54. The SMILES string of the molecule is CCN(CC)S(=O)(=O)c1ccc(F)c(C(=O)Nc2ncc(Cc3ccccc3)s2)c1. The molecule has 9 heteroatoms. The minimum Gasteiger partial charge on any atom is -0.298 e. The third-order valence-corrected chi connectivity index (χ3v) is 7.48. The van der Waals surface area contributed by atoms with Gasteiger partial charge in [0.05, 0.1) is 10.5 Å². The van der Waals surface area contributed by atoms with Crippen molar-refractivity contribution in [3.63, 3.8) is 0 Å². The Morgan fingerprint density at radius 3 is 2.50 bits per heavy atom. The van der Waals surface area contributed by atoms with E-state index in [0.717, 1.165) is 22.6 Å². The van der Waals surface area contributed by atoms with Crippen LogP contribution in [0.3, 0.4) is 0 Å². The van der Waals surface area contributed by atoms with E-state index in [2.05, 4.69) is 10.3 Å². The van der Waals surface area contributed by atoms with Gasteiger partial charge in [0.2, 0.25) is 10.0 Å². The molecule has 0 saturated heterocycles. The third-order valence-electron chi connectivity index (χ3n) is 4.52. The second-order valence-electron chi connectivity index (χ2n) is 6.48. The van der Waals surface area contributed by atoms with Gasteiger partial charge in [-0.05, 0) is 23.8 Å². The van der Waals surface area contributed by atoms with Crippen LogP contribution >= 0.6 is 11.3 Å². The average Bonchev–Trinajstić information content (AvgIpc) is 3.16. The summed E-state index contributed by atoms with van der Waals surface area (Å²) in [6.07, 6.45) is 2.32. The van der Waals surface area contributed by atoms with Gasteiger partial charge in [0.15, 0.2) is 5.13 Å². The number of hydrogen-bond donors (Lipinski definition) is 1. The highest BCUT2D eigenvalue weighted by atomic mass is 32.2. The van der Waals surface area contributed by atoms with Gasteiger partial charge in [-0.1, -0.05) is 44.2 Å². The van der Waals surface area contributed by atoms with Crippen molar-refractivity contribution in [2.24, 2.45) is 0 Å². The number of anilines is 1. The molecule has 0 bridgehead atoms. The molecular weight excluding hydrogens is 425 g/mol. The topological polar surface area (TPSA) is 79.4 Å².